The summed E-state index contributed by atoms with van der Waals surface area (Å²) in [4.78, 5) is 30.6. The van der Waals surface area contributed by atoms with Crippen LogP contribution in [0.25, 0.3) is 0 Å². The number of halogens is 3. The molecule has 0 radical (unpaired) electrons. The van der Waals surface area contributed by atoms with Crippen molar-refractivity contribution in [3.05, 3.63) is 46.8 Å². The lowest BCUT2D eigenvalue weighted by Gasteiger charge is -2.34. The largest absolute Gasteiger partial charge is 0.356 e. The Labute approximate surface area is 290 Å². The molecule has 13 heteroatoms. The lowest BCUT2D eigenvalue weighted by atomic mass is 9.82. The summed E-state index contributed by atoms with van der Waals surface area (Å²) >= 11 is 0. The van der Waals surface area contributed by atoms with E-state index in [-0.39, 0.29) is 43.1 Å². The lowest BCUT2D eigenvalue weighted by Crippen LogP contribution is -2.46. The van der Waals surface area contributed by atoms with E-state index in [4.69, 9.17) is 5.41 Å². The summed E-state index contributed by atoms with van der Waals surface area (Å²) in [5.74, 6) is -1.37. The fraction of sp³-hybridized carbons (Fsp3) is 0.694. The molecule has 5 N–H and O–H groups in total. The minimum atomic E-state index is -2.68. The topological polar surface area (TPSA) is 141 Å². The zero-order chi connectivity index (χ0) is 36.6. The minimum absolute atomic E-state index is 0.0810. The Bertz CT molecular complexity index is 1350. The molecule has 276 valence electrons. The number of H-pyrrole nitrogens is 1. The third kappa shape index (κ3) is 13.7. The molecule has 49 heavy (non-hydrogen) atoms. The average Bonchev–Trinajstić information content (AvgIpc) is 3.72. The summed E-state index contributed by atoms with van der Waals surface area (Å²) in [7, 11) is 0. The third-order valence-corrected chi connectivity index (χ3v) is 9.28. The van der Waals surface area contributed by atoms with Gasteiger partial charge in [-0.05, 0) is 63.5 Å². The van der Waals surface area contributed by atoms with Crippen LogP contribution in [0.4, 0.5) is 13.2 Å². The van der Waals surface area contributed by atoms with Crippen LogP contribution >= 0.6 is 0 Å². The van der Waals surface area contributed by atoms with Crippen molar-refractivity contribution in [2.45, 2.75) is 118 Å². The van der Waals surface area contributed by atoms with Crippen molar-refractivity contribution in [2.24, 2.45) is 17.8 Å². The predicted octanol–water partition coefficient (Wildman–Crippen LogP) is 7.10. The van der Waals surface area contributed by atoms with E-state index in [0.717, 1.165) is 68.6 Å². The predicted molar refractivity (Wildman–Crippen MR) is 189 cm³/mol. The number of piperidine rings is 2. The Morgan fingerprint density at radius 3 is 2.49 bits per heavy atom. The molecule has 0 bridgehead atoms. The molecule has 2 amide bonds. The van der Waals surface area contributed by atoms with Gasteiger partial charge < -0.3 is 26.3 Å². The van der Waals surface area contributed by atoms with Crippen molar-refractivity contribution in [3.63, 3.8) is 0 Å². The van der Waals surface area contributed by atoms with Gasteiger partial charge in [0.05, 0.1) is 30.4 Å². The molecule has 2 aliphatic rings. The highest BCUT2D eigenvalue weighted by Gasteiger charge is 2.44. The molecule has 4 unspecified atom stereocenters. The molecule has 4 atom stereocenters. The standard InChI is InChI=1S/C18H28FN5O.C12H20F2N2.C6H11NO/c1-4-13(2)6-5-7-15(16-12-20-14(3)22-16)23-18(25)17-8-10-21-24(17)11-9-19;1-4-8(2)11(9(3)15)10-7-16-6-5-12(10,13)14;1-5-2-3-6(8)7-4-5/h8,10,12-13,15H,4-7,9,11H2,1-3H3,(H,20,22)(H,23,25);10,15-16H,4-7H2,1-3H3;5H,2-4H2,1H3,(H,7,8). The van der Waals surface area contributed by atoms with Crippen LogP contribution in [0.2, 0.25) is 0 Å². The van der Waals surface area contributed by atoms with Crippen molar-refractivity contribution in [3.8, 4) is 0 Å². The maximum Gasteiger partial charge on any atom is 0.270 e. The minimum Gasteiger partial charge on any atom is -0.356 e. The number of hydrogen-bond acceptors (Lipinski definition) is 6. The Kier molecular flexibility index (Phi) is 17.8. The van der Waals surface area contributed by atoms with Gasteiger partial charge in [0, 0.05) is 44.4 Å². The molecule has 2 aromatic rings. The van der Waals surface area contributed by atoms with Crippen LogP contribution in [0.5, 0.6) is 0 Å². The Morgan fingerprint density at radius 2 is 1.96 bits per heavy atom. The summed E-state index contributed by atoms with van der Waals surface area (Å²) in [5.41, 5.74) is 2.99. The van der Waals surface area contributed by atoms with E-state index in [2.05, 4.69) is 51.8 Å². The first-order chi connectivity index (χ1) is 23.2. The molecule has 10 nitrogen and oxygen atoms in total. The quantitative estimate of drug-likeness (QED) is 0.143. The summed E-state index contributed by atoms with van der Waals surface area (Å²) in [6, 6.07) is 1.46. The van der Waals surface area contributed by atoms with Crippen molar-refractivity contribution in [1.29, 1.82) is 5.41 Å². The molecule has 2 fully saturated rings. The van der Waals surface area contributed by atoms with Gasteiger partial charge in [0.1, 0.15) is 18.2 Å². The van der Waals surface area contributed by atoms with Crippen molar-refractivity contribution in [2.75, 3.05) is 26.3 Å². The first kappa shape index (κ1) is 41.7. The molecule has 2 saturated heterocycles. The molecule has 0 spiro atoms. The van der Waals surface area contributed by atoms with Gasteiger partial charge in [0.15, 0.2) is 0 Å². The number of rotatable bonds is 13. The van der Waals surface area contributed by atoms with E-state index >= 15 is 0 Å². The molecule has 4 rings (SSSR count). The van der Waals surface area contributed by atoms with E-state index < -0.39 is 18.5 Å². The number of aryl methyl sites for hydroxylation is 2. The fourth-order valence-electron chi connectivity index (χ4n) is 5.88. The molecule has 4 heterocycles. The number of alkyl halides is 3. The maximum atomic E-state index is 13.8. The zero-order valence-electron chi connectivity index (χ0n) is 30.5. The third-order valence-electron chi connectivity index (χ3n) is 9.28. The van der Waals surface area contributed by atoms with Crippen molar-refractivity contribution < 1.29 is 22.8 Å². The number of allylic oxidation sites excluding steroid dienone is 1. The van der Waals surface area contributed by atoms with Crippen LogP contribution in [0.15, 0.2) is 29.6 Å². The van der Waals surface area contributed by atoms with Crippen molar-refractivity contribution in [1.82, 2.24) is 35.7 Å². The van der Waals surface area contributed by atoms with E-state index in [1.165, 1.54) is 10.9 Å². The van der Waals surface area contributed by atoms with Crippen LogP contribution in [0.3, 0.4) is 0 Å². The smallest absolute Gasteiger partial charge is 0.270 e. The molecule has 0 aliphatic carbocycles. The van der Waals surface area contributed by atoms with Gasteiger partial charge in [-0.15, -0.1) is 0 Å². The van der Waals surface area contributed by atoms with Gasteiger partial charge >= 0.3 is 0 Å². The highest BCUT2D eigenvalue weighted by Crippen LogP contribution is 2.37. The number of aromatic nitrogens is 4. The van der Waals surface area contributed by atoms with Gasteiger partial charge in [-0.3, -0.25) is 14.3 Å². The van der Waals surface area contributed by atoms with Crippen LogP contribution in [0.1, 0.15) is 121 Å². The van der Waals surface area contributed by atoms with Crippen LogP contribution in [-0.2, 0) is 11.3 Å². The van der Waals surface area contributed by atoms with Crippen LogP contribution < -0.4 is 16.0 Å². The molecular formula is C36H59F3N8O2. The number of hydrogen-bond donors (Lipinski definition) is 5. The number of nitrogens with zero attached hydrogens (tertiary/aromatic N) is 3. The second kappa shape index (κ2) is 20.9. The fourth-order valence-corrected chi connectivity index (χ4v) is 5.88. The number of aromatic amines is 1. The number of imidazole rings is 1. The zero-order valence-corrected chi connectivity index (χ0v) is 30.5. The van der Waals surface area contributed by atoms with Gasteiger partial charge in [-0.1, -0.05) is 52.5 Å². The number of amides is 2. The second-order valence-corrected chi connectivity index (χ2v) is 13.4. The van der Waals surface area contributed by atoms with Gasteiger partial charge in [-0.25, -0.2) is 18.2 Å². The van der Waals surface area contributed by atoms with Gasteiger partial charge in [-0.2, -0.15) is 5.10 Å². The maximum absolute atomic E-state index is 13.8. The van der Waals surface area contributed by atoms with E-state index in [9.17, 15) is 22.8 Å². The molecule has 2 aromatic heterocycles. The molecular weight excluding hydrogens is 633 g/mol. The highest BCUT2D eigenvalue weighted by molar-refractivity contribution is 5.97. The molecule has 2 aliphatic heterocycles. The molecule has 0 aromatic carbocycles. The Balaban J connectivity index is 0.000000294. The number of carbonyl (C=O) groups excluding carboxylic acids is 2. The normalized spacial score (nSPS) is 20.3. The molecule has 0 saturated carbocycles. The first-order valence-electron chi connectivity index (χ1n) is 17.7. The van der Waals surface area contributed by atoms with Gasteiger partial charge in [0.25, 0.3) is 11.8 Å². The Morgan fingerprint density at radius 1 is 1.22 bits per heavy atom. The Hall–Kier alpha value is -3.48. The first-order valence-corrected chi connectivity index (χ1v) is 17.7. The summed E-state index contributed by atoms with van der Waals surface area (Å²) < 4.78 is 41.6. The second-order valence-electron chi connectivity index (χ2n) is 13.4. The SMILES string of the molecule is CC1CCC(=O)NC1.CCC(C)=C(C(C)=N)C1CNCCC1(F)F.CCC(C)CCCC(NC(=O)c1ccnn1CCF)c1cnc(C)[nH]1. The lowest BCUT2D eigenvalue weighted by molar-refractivity contribution is -0.122. The van der Waals surface area contributed by atoms with Crippen LogP contribution in [-0.4, -0.2) is 69.5 Å². The van der Waals surface area contributed by atoms with E-state index in [0.29, 0.717) is 29.6 Å². The summed E-state index contributed by atoms with van der Waals surface area (Å²) in [6.45, 7) is 14.9. The monoisotopic (exact) mass is 692 g/mol. The summed E-state index contributed by atoms with van der Waals surface area (Å²) in [5, 5.41) is 20.5. The van der Waals surface area contributed by atoms with Gasteiger partial charge in [0.2, 0.25) is 5.91 Å². The van der Waals surface area contributed by atoms with E-state index in [1.54, 1.807) is 19.2 Å². The highest BCUT2D eigenvalue weighted by atomic mass is 19.3. The van der Waals surface area contributed by atoms with Crippen molar-refractivity contribution >= 4 is 17.5 Å². The average molecular weight is 693 g/mol. The van der Waals surface area contributed by atoms with E-state index in [1.807, 2.05) is 20.8 Å². The van der Waals surface area contributed by atoms with Crippen LogP contribution in [0, 0.1) is 30.1 Å². The summed E-state index contributed by atoms with van der Waals surface area (Å²) in [6.07, 6.45) is 9.77. The number of nitrogens with one attached hydrogen (secondary N) is 5. The number of carbonyl (C=O) groups is 2.